The number of alkyl halides is 3. The van der Waals surface area contributed by atoms with Gasteiger partial charge in [-0.1, -0.05) is 5.92 Å². The molecule has 0 aromatic carbocycles. The maximum Gasteiger partial charge on any atom is 0.408 e. The zero-order chi connectivity index (χ0) is 12.2. The van der Waals surface area contributed by atoms with Crippen molar-refractivity contribution in [3.8, 4) is 12.3 Å². The Hall–Kier alpha value is -1.97. The average molecular weight is 231 g/mol. The van der Waals surface area contributed by atoms with Crippen LogP contribution in [0.4, 0.5) is 13.2 Å². The summed E-state index contributed by atoms with van der Waals surface area (Å²) in [5.41, 5.74) is -0.0977. The summed E-state index contributed by atoms with van der Waals surface area (Å²) in [7, 11) is 0. The standard InChI is InChI=1S/C9H8F3N3O/c1-2-4-13-8(16)7-3-5-15(14-7)6-9(10,11)12/h1,3,5H,4,6H2,(H,13,16). The maximum absolute atomic E-state index is 12.0. The first-order valence-electron chi connectivity index (χ1n) is 4.24. The van der Waals surface area contributed by atoms with E-state index in [1.165, 1.54) is 6.07 Å². The first-order valence-corrected chi connectivity index (χ1v) is 4.24. The molecule has 4 nitrogen and oxygen atoms in total. The summed E-state index contributed by atoms with van der Waals surface area (Å²) >= 11 is 0. The summed E-state index contributed by atoms with van der Waals surface area (Å²) in [5, 5.41) is 5.76. The van der Waals surface area contributed by atoms with Crippen LogP contribution in [0.5, 0.6) is 0 Å². The largest absolute Gasteiger partial charge is 0.408 e. The second-order valence-electron chi connectivity index (χ2n) is 2.90. The van der Waals surface area contributed by atoms with E-state index in [9.17, 15) is 18.0 Å². The Morgan fingerprint density at radius 2 is 2.31 bits per heavy atom. The van der Waals surface area contributed by atoms with Gasteiger partial charge in [0.15, 0.2) is 0 Å². The number of nitrogens with zero attached hydrogens (tertiary/aromatic N) is 2. The van der Waals surface area contributed by atoms with Crippen molar-refractivity contribution in [3.05, 3.63) is 18.0 Å². The quantitative estimate of drug-likeness (QED) is 0.782. The Morgan fingerprint density at radius 1 is 1.62 bits per heavy atom. The number of carbonyl (C=O) groups excluding carboxylic acids is 1. The second-order valence-corrected chi connectivity index (χ2v) is 2.90. The van der Waals surface area contributed by atoms with Gasteiger partial charge in [0.1, 0.15) is 12.2 Å². The van der Waals surface area contributed by atoms with Gasteiger partial charge in [0, 0.05) is 6.20 Å². The van der Waals surface area contributed by atoms with Crippen LogP contribution < -0.4 is 5.32 Å². The lowest BCUT2D eigenvalue weighted by molar-refractivity contribution is -0.142. The van der Waals surface area contributed by atoms with Crippen LogP contribution in [0.25, 0.3) is 0 Å². The third kappa shape index (κ3) is 3.65. The van der Waals surface area contributed by atoms with Crippen molar-refractivity contribution in [2.24, 2.45) is 0 Å². The Bertz CT molecular complexity index is 416. The van der Waals surface area contributed by atoms with E-state index in [1.54, 1.807) is 0 Å². The van der Waals surface area contributed by atoms with Gasteiger partial charge < -0.3 is 5.32 Å². The fourth-order valence-electron chi connectivity index (χ4n) is 0.976. The summed E-state index contributed by atoms with van der Waals surface area (Å²) in [6, 6.07) is 1.19. The van der Waals surface area contributed by atoms with Gasteiger partial charge in [0.25, 0.3) is 5.91 Å². The van der Waals surface area contributed by atoms with Gasteiger partial charge in [-0.05, 0) is 6.07 Å². The molecule has 0 saturated heterocycles. The molecule has 0 fully saturated rings. The first kappa shape index (κ1) is 12.1. The van der Waals surface area contributed by atoms with E-state index in [0.717, 1.165) is 6.20 Å². The molecule has 0 saturated carbocycles. The highest BCUT2D eigenvalue weighted by molar-refractivity contribution is 5.92. The van der Waals surface area contributed by atoms with Crippen LogP contribution >= 0.6 is 0 Å². The Morgan fingerprint density at radius 3 is 2.88 bits per heavy atom. The van der Waals surface area contributed by atoms with E-state index >= 15 is 0 Å². The van der Waals surface area contributed by atoms with Crippen molar-refractivity contribution in [2.75, 3.05) is 6.54 Å². The van der Waals surface area contributed by atoms with Gasteiger partial charge in [-0.15, -0.1) is 6.42 Å². The number of hydrogen-bond acceptors (Lipinski definition) is 2. The van der Waals surface area contributed by atoms with Crippen molar-refractivity contribution < 1.29 is 18.0 Å². The molecular formula is C9H8F3N3O. The van der Waals surface area contributed by atoms with Crippen LogP contribution in [0, 0.1) is 12.3 Å². The Labute approximate surface area is 89.4 Å². The number of nitrogens with one attached hydrogen (secondary N) is 1. The van der Waals surface area contributed by atoms with Crippen molar-refractivity contribution >= 4 is 5.91 Å². The molecule has 16 heavy (non-hydrogen) atoms. The molecule has 0 atom stereocenters. The van der Waals surface area contributed by atoms with Gasteiger partial charge in [0.2, 0.25) is 0 Å². The van der Waals surface area contributed by atoms with Gasteiger partial charge in [0.05, 0.1) is 6.54 Å². The molecule has 0 aliphatic rings. The molecule has 1 amide bonds. The smallest absolute Gasteiger partial charge is 0.340 e. The lowest BCUT2D eigenvalue weighted by Gasteiger charge is -2.05. The molecule has 1 N–H and O–H groups in total. The second kappa shape index (κ2) is 4.70. The lowest BCUT2D eigenvalue weighted by Crippen LogP contribution is -2.24. The van der Waals surface area contributed by atoms with Gasteiger partial charge in [-0.2, -0.15) is 18.3 Å². The molecule has 0 spiro atoms. The molecule has 0 aliphatic carbocycles. The molecule has 1 heterocycles. The highest BCUT2D eigenvalue weighted by Gasteiger charge is 2.28. The summed E-state index contributed by atoms with van der Waals surface area (Å²) in [5.74, 6) is 1.57. The number of terminal acetylenes is 1. The first-order chi connectivity index (χ1) is 7.42. The van der Waals surface area contributed by atoms with Gasteiger partial charge >= 0.3 is 6.18 Å². The van der Waals surface area contributed by atoms with Crippen LogP contribution in [0.1, 0.15) is 10.5 Å². The third-order valence-electron chi connectivity index (χ3n) is 1.57. The minimum absolute atomic E-state index is 0.00492. The minimum atomic E-state index is -4.36. The van der Waals surface area contributed by atoms with Crippen LogP contribution in [0.2, 0.25) is 0 Å². The van der Waals surface area contributed by atoms with E-state index in [1.807, 2.05) is 0 Å². The average Bonchev–Trinajstić information content (AvgIpc) is 2.59. The Balaban J connectivity index is 2.65. The molecule has 0 radical (unpaired) electrons. The number of halogens is 3. The number of amides is 1. The topological polar surface area (TPSA) is 46.9 Å². The summed E-state index contributed by atoms with van der Waals surface area (Å²) < 4.78 is 36.5. The zero-order valence-electron chi connectivity index (χ0n) is 8.08. The fraction of sp³-hybridized carbons (Fsp3) is 0.333. The van der Waals surface area contributed by atoms with Crippen molar-refractivity contribution in [2.45, 2.75) is 12.7 Å². The van der Waals surface area contributed by atoms with Crippen LogP contribution in [0.15, 0.2) is 12.3 Å². The van der Waals surface area contributed by atoms with Gasteiger partial charge in [-0.25, -0.2) is 0 Å². The van der Waals surface area contributed by atoms with Crippen molar-refractivity contribution in [1.29, 1.82) is 0 Å². The summed E-state index contributed by atoms with van der Waals surface area (Å²) in [4.78, 5) is 11.2. The van der Waals surface area contributed by atoms with Gasteiger partial charge in [-0.3, -0.25) is 9.48 Å². The van der Waals surface area contributed by atoms with E-state index in [2.05, 4.69) is 16.3 Å². The van der Waals surface area contributed by atoms with Crippen molar-refractivity contribution in [1.82, 2.24) is 15.1 Å². The number of carbonyl (C=O) groups is 1. The monoisotopic (exact) mass is 231 g/mol. The minimum Gasteiger partial charge on any atom is -0.340 e. The number of aromatic nitrogens is 2. The summed E-state index contributed by atoms with van der Waals surface area (Å²) in [6.07, 6.45) is 1.62. The molecule has 0 bridgehead atoms. The highest BCUT2D eigenvalue weighted by Crippen LogP contribution is 2.16. The molecular weight excluding hydrogens is 223 g/mol. The van der Waals surface area contributed by atoms with E-state index in [0.29, 0.717) is 4.68 Å². The lowest BCUT2D eigenvalue weighted by atomic mass is 10.4. The zero-order valence-corrected chi connectivity index (χ0v) is 8.08. The van der Waals surface area contributed by atoms with Crippen LogP contribution in [-0.4, -0.2) is 28.4 Å². The highest BCUT2D eigenvalue weighted by atomic mass is 19.4. The third-order valence-corrected chi connectivity index (χ3v) is 1.57. The predicted octanol–water partition coefficient (Wildman–Crippen LogP) is 0.808. The SMILES string of the molecule is C#CCNC(=O)c1ccn(CC(F)(F)F)n1. The number of rotatable bonds is 3. The molecule has 1 aromatic heterocycles. The predicted molar refractivity (Wildman–Crippen MR) is 49.4 cm³/mol. The summed E-state index contributed by atoms with van der Waals surface area (Å²) in [6.45, 7) is -1.22. The Kier molecular flexibility index (Phi) is 3.55. The maximum atomic E-state index is 12.0. The molecule has 1 rings (SSSR count). The molecule has 7 heteroatoms. The van der Waals surface area contributed by atoms with Crippen molar-refractivity contribution in [3.63, 3.8) is 0 Å². The molecule has 86 valence electrons. The molecule has 1 aromatic rings. The van der Waals surface area contributed by atoms with E-state index < -0.39 is 18.6 Å². The van der Waals surface area contributed by atoms with E-state index in [4.69, 9.17) is 6.42 Å². The number of hydrogen-bond donors (Lipinski definition) is 1. The molecule has 0 unspecified atom stereocenters. The van der Waals surface area contributed by atoms with Crippen LogP contribution in [-0.2, 0) is 6.54 Å². The van der Waals surface area contributed by atoms with E-state index in [-0.39, 0.29) is 12.2 Å². The van der Waals surface area contributed by atoms with Crippen LogP contribution in [0.3, 0.4) is 0 Å². The normalized spacial score (nSPS) is 10.9. The fourth-order valence-corrected chi connectivity index (χ4v) is 0.976. The molecule has 0 aliphatic heterocycles.